The fourth-order valence-electron chi connectivity index (χ4n) is 0.717. The Morgan fingerprint density at radius 3 is 1.69 bits per heavy atom. The standard InChI is InChI=1S/C6H6O5S.Mg.2H/c7-4-1-5(8)3-6(2-4)12(9,10)11;;;/h1-3,7-8H,(H,9,10,11);;;. The number of hydrogen-bond acceptors (Lipinski definition) is 4. The summed E-state index contributed by atoms with van der Waals surface area (Å²) >= 11 is 0. The SMILES string of the molecule is O=S(=O)(O)c1cc(O)cc(O)c1.[MgH2]. The Balaban J connectivity index is 0.00000144. The van der Waals surface area contributed by atoms with Crippen LogP contribution in [0, 0.1) is 0 Å². The second kappa shape index (κ2) is 4.14. The monoisotopic (exact) mass is 216 g/mol. The summed E-state index contributed by atoms with van der Waals surface area (Å²) in [6, 6.07) is 2.61. The zero-order valence-electron chi connectivity index (χ0n) is 5.80. The average molecular weight is 216 g/mol. The third-order valence-electron chi connectivity index (χ3n) is 1.17. The maximum atomic E-state index is 10.5. The second-order valence-electron chi connectivity index (χ2n) is 2.16. The molecule has 3 N–H and O–H groups in total. The first-order valence-corrected chi connectivity index (χ1v) is 4.34. The predicted octanol–water partition coefficient (Wildman–Crippen LogP) is -0.572. The molecule has 0 unspecified atom stereocenters. The lowest BCUT2D eigenvalue weighted by molar-refractivity contribution is 0.442. The van der Waals surface area contributed by atoms with Crippen molar-refractivity contribution in [2.24, 2.45) is 0 Å². The van der Waals surface area contributed by atoms with Crippen LogP contribution in [0.4, 0.5) is 0 Å². The molecule has 0 aliphatic heterocycles. The van der Waals surface area contributed by atoms with Gasteiger partial charge in [0, 0.05) is 18.2 Å². The van der Waals surface area contributed by atoms with Gasteiger partial charge in [-0.25, -0.2) is 0 Å². The molecule has 0 fully saturated rings. The Kier molecular flexibility index (Phi) is 3.98. The van der Waals surface area contributed by atoms with Gasteiger partial charge in [-0.05, 0) is 0 Å². The number of phenolic OH excluding ortho intramolecular Hbond substituents is 2. The molecule has 1 aromatic rings. The van der Waals surface area contributed by atoms with E-state index in [2.05, 4.69) is 0 Å². The molecular formula is C6H8MgO5S. The van der Waals surface area contributed by atoms with Crippen molar-refractivity contribution in [1.82, 2.24) is 0 Å². The minimum absolute atomic E-state index is 0. The molecule has 0 spiro atoms. The molecule has 0 bridgehead atoms. The highest BCUT2D eigenvalue weighted by Crippen LogP contribution is 2.23. The molecule has 0 aromatic heterocycles. The van der Waals surface area contributed by atoms with E-state index in [9.17, 15) is 8.42 Å². The van der Waals surface area contributed by atoms with Crippen molar-refractivity contribution in [3.05, 3.63) is 18.2 Å². The maximum Gasteiger partial charge on any atom is 0.316 e. The van der Waals surface area contributed by atoms with Crippen molar-refractivity contribution in [3.8, 4) is 11.5 Å². The normalized spacial score (nSPS) is 10.5. The van der Waals surface area contributed by atoms with E-state index in [1.807, 2.05) is 0 Å². The first-order valence-electron chi connectivity index (χ1n) is 2.90. The highest BCUT2D eigenvalue weighted by Gasteiger charge is 2.11. The smallest absolute Gasteiger partial charge is 0.316 e. The molecule has 0 radical (unpaired) electrons. The highest BCUT2D eigenvalue weighted by molar-refractivity contribution is 7.85. The van der Waals surface area contributed by atoms with Crippen LogP contribution >= 0.6 is 0 Å². The van der Waals surface area contributed by atoms with Gasteiger partial charge >= 0.3 is 23.1 Å². The summed E-state index contributed by atoms with van der Waals surface area (Å²) in [5, 5.41) is 17.6. The summed E-state index contributed by atoms with van der Waals surface area (Å²) < 4.78 is 29.4. The molecule has 7 heteroatoms. The fourth-order valence-corrected chi connectivity index (χ4v) is 1.26. The van der Waals surface area contributed by atoms with Gasteiger partial charge in [-0.3, -0.25) is 4.55 Å². The Morgan fingerprint density at radius 1 is 1.00 bits per heavy atom. The van der Waals surface area contributed by atoms with Gasteiger partial charge in [0.2, 0.25) is 0 Å². The van der Waals surface area contributed by atoms with Gasteiger partial charge in [0.1, 0.15) is 16.4 Å². The van der Waals surface area contributed by atoms with E-state index < -0.39 is 26.5 Å². The molecular weight excluding hydrogens is 208 g/mol. The maximum absolute atomic E-state index is 10.5. The van der Waals surface area contributed by atoms with Crippen LogP contribution in [0.25, 0.3) is 0 Å². The largest absolute Gasteiger partial charge is 0.508 e. The Bertz CT molecular complexity index is 379. The third-order valence-corrected chi connectivity index (χ3v) is 2.01. The van der Waals surface area contributed by atoms with Crippen LogP contribution in [0.2, 0.25) is 0 Å². The van der Waals surface area contributed by atoms with E-state index >= 15 is 0 Å². The molecule has 0 heterocycles. The number of hydrogen-bond donors (Lipinski definition) is 3. The van der Waals surface area contributed by atoms with Gasteiger partial charge in [0.15, 0.2) is 0 Å². The van der Waals surface area contributed by atoms with Crippen LogP contribution in [-0.2, 0) is 10.1 Å². The van der Waals surface area contributed by atoms with E-state index in [1.165, 1.54) is 0 Å². The lowest BCUT2D eigenvalue weighted by Crippen LogP contribution is -1.96. The molecule has 0 aliphatic rings. The van der Waals surface area contributed by atoms with E-state index in [0.717, 1.165) is 18.2 Å². The van der Waals surface area contributed by atoms with Gasteiger partial charge in [-0.1, -0.05) is 0 Å². The van der Waals surface area contributed by atoms with E-state index in [4.69, 9.17) is 14.8 Å². The van der Waals surface area contributed by atoms with Gasteiger partial charge < -0.3 is 10.2 Å². The van der Waals surface area contributed by atoms with Crippen molar-refractivity contribution >= 4 is 33.2 Å². The van der Waals surface area contributed by atoms with Crippen LogP contribution in [0.3, 0.4) is 0 Å². The molecule has 70 valence electrons. The quantitative estimate of drug-likeness (QED) is 0.432. The van der Waals surface area contributed by atoms with Crippen molar-refractivity contribution < 1.29 is 23.2 Å². The van der Waals surface area contributed by atoms with Crippen LogP contribution in [-0.4, -0.2) is 46.2 Å². The number of rotatable bonds is 1. The lowest BCUT2D eigenvalue weighted by atomic mass is 10.3. The Labute approximate surface area is 90.9 Å². The zero-order chi connectivity index (χ0) is 9.35. The lowest BCUT2D eigenvalue weighted by Gasteiger charge is -1.98. The average Bonchev–Trinajstić information content (AvgIpc) is 1.82. The number of phenols is 2. The van der Waals surface area contributed by atoms with Crippen molar-refractivity contribution in [3.63, 3.8) is 0 Å². The van der Waals surface area contributed by atoms with E-state index in [-0.39, 0.29) is 23.1 Å². The molecule has 5 nitrogen and oxygen atoms in total. The van der Waals surface area contributed by atoms with Gasteiger partial charge in [-0.15, -0.1) is 0 Å². The summed E-state index contributed by atoms with van der Waals surface area (Å²) in [5.74, 6) is -0.856. The highest BCUT2D eigenvalue weighted by atomic mass is 32.2. The van der Waals surface area contributed by atoms with Crippen LogP contribution in [0.15, 0.2) is 23.1 Å². The predicted molar refractivity (Wildman–Crippen MR) is 48.1 cm³/mol. The van der Waals surface area contributed by atoms with Crippen LogP contribution in [0.5, 0.6) is 11.5 Å². The van der Waals surface area contributed by atoms with Gasteiger partial charge in [-0.2, -0.15) is 8.42 Å². The second-order valence-corrected chi connectivity index (χ2v) is 3.58. The van der Waals surface area contributed by atoms with Gasteiger partial charge in [0.25, 0.3) is 10.1 Å². The summed E-state index contributed by atoms with van der Waals surface area (Å²) in [7, 11) is -4.37. The summed E-state index contributed by atoms with van der Waals surface area (Å²) in [5.41, 5.74) is 0. The van der Waals surface area contributed by atoms with E-state index in [1.54, 1.807) is 0 Å². The third kappa shape index (κ3) is 3.39. The topological polar surface area (TPSA) is 94.8 Å². The summed E-state index contributed by atoms with van der Waals surface area (Å²) in [4.78, 5) is -0.542. The number of benzene rings is 1. The van der Waals surface area contributed by atoms with E-state index in [0.29, 0.717) is 0 Å². The molecule has 0 atom stereocenters. The summed E-state index contributed by atoms with van der Waals surface area (Å²) in [6.07, 6.45) is 0. The molecule has 0 amide bonds. The first kappa shape index (κ1) is 12.5. The van der Waals surface area contributed by atoms with Crippen molar-refractivity contribution in [2.75, 3.05) is 0 Å². The molecule has 13 heavy (non-hydrogen) atoms. The van der Waals surface area contributed by atoms with Crippen molar-refractivity contribution in [1.29, 1.82) is 0 Å². The first-order chi connectivity index (χ1) is 5.39. The molecule has 0 saturated heterocycles. The molecule has 1 aromatic carbocycles. The molecule has 1 rings (SSSR count). The fraction of sp³-hybridized carbons (Fsp3) is 0. The minimum Gasteiger partial charge on any atom is -0.508 e. The number of aromatic hydroxyl groups is 2. The molecule has 0 saturated carbocycles. The zero-order valence-corrected chi connectivity index (χ0v) is 6.61. The molecule has 0 aliphatic carbocycles. The Morgan fingerprint density at radius 2 is 1.38 bits per heavy atom. The van der Waals surface area contributed by atoms with Crippen LogP contribution in [0.1, 0.15) is 0 Å². The minimum atomic E-state index is -4.37. The van der Waals surface area contributed by atoms with Gasteiger partial charge in [0.05, 0.1) is 0 Å². The summed E-state index contributed by atoms with van der Waals surface area (Å²) in [6.45, 7) is 0. The van der Waals surface area contributed by atoms with Crippen molar-refractivity contribution in [2.45, 2.75) is 4.90 Å². The van der Waals surface area contributed by atoms with Crippen LogP contribution < -0.4 is 0 Å². The Hall–Kier alpha value is -0.504.